The standard InChI is InChI=1S/C14H13BrN2O3/c15-11-2-1-3-12(13(11)14(16)17-19)20-10-6-4-9(8-18)5-7-10/h1-7,18-19H,8H2,(H2,16,17). The first-order chi connectivity index (χ1) is 9.65. The van der Waals surface area contributed by atoms with E-state index in [0.29, 0.717) is 21.5 Å². The van der Waals surface area contributed by atoms with Gasteiger partial charge in [0.1, 0.15) is 11.5 Å². The van der Waals surface area contributed by atoms with Gasteiger partial charge in [0.05, 0.1) is 12.2 Å². The zero-order valence-corrected chi connectivity index (χ0v) is 12.0. The highest BCUT2D eigenvalue weighted by Crippen LogP contribution is 2.30. The molecule has 4 N–H and O–H groups in total. The molecule has 2 rings (SSSR count). The van der Waals surface area contributed by atoms with Crippen molar-refractivity contribution in [2.24, 2.45) is 10.9 Å². The highest BCUT2D eigenvalue weighted by Gasteiger charge is 2.13. The third-order valence-electron chi connectivity index (χ3n) is 2.67. The number of amidine groups is 1. The lowest BCUT2D eigenvalue weighted by Gasteiger charge is -2.12. The molecule has 0 aliphatic carbocycles. The lowest BCUT2D eigenvalue weighted by atomic mass is 10.2. The predicted molar refractivity (Wildman–Crippen MR) is 79.1 cm³/mol. The number of benzene rings is 2. The fourth-order valence-electron chi connectivity index (χ4n) is 1.68. The van der Waals surface area contributed by atoms with Crippen molar-refractivity contribution in [1.29, 1.82) is 0 Å². The molecule has 5 nitrogen and oxygen atoms in total. The number of rotatable bonds is 4. The molecule has 20 heavy (non-hydrogen) atoms. The molecule has 6 heteroatoms. The summed E-state index contributed by atoms with van der Waals surface area (Å²) in [6, 6.07) is 12.3. The average molecular weight is 337 g/mol. The van der Waals surface area contributed by atoms with Crippen LogP contribution in [0.3, 0.4) is 0 Å². The van der Waals surface area contributed by atoms with Crippen molar-refractivity contribution in [1.82, 2.24) is 0 Å². The molecular weight excluding hydrogens is 324 g/mol. The summed E-state index contributed by atoms with van der Waals surface area (Å²) in [5.74, 6) is 1.01. The van der Waals surface area contributed by atoms with Gasteiger partial charge in [-0.15, -0.1) is 0 Å². The number of ether oxygens (including phenoxy) is 1. The van der Waals surface area contributed by atoms with E-state index < -0.39 is 0 Å². The fourth-order valence-corrected chi connectivity index (χ4v) is 2.23. The van der Waals surface area contributed by atoms with Crippen molar-refractivity contribution >= 4 is 21.8 Å². The van der Waals surface area contributed by atoms with Crippen LogP contribution in [0, 0.1) is 0 Å². The second kappa shape index (κ2) is 6.40. The second-order valence-corrected chi connectivity index (χ2v) is 4.86. The van der Waals surface area contributed by atoms with Gasteiger partial charge in [-0.2, -0.15) is 0 Å². The molecule has 0 radical (unpaired) electrons. The van der Waals surface area contributed by atoms with Crippen LogP contribution in [0.5, 0.6) is 11.5 Å². The summed E-state index contributed by atoms with van der Waals surface area (Å²) in [4.78, 5) is 0. The van der Waals surface area contributed by atoms with Gasteiger partial charge in [0.25, 0.3) is 0 Å². The smallest absolute Gasteiger partial charge is 0.175 e. The number of aliphatic hydroxyl groups is 1. The summed E-state index contributed by atoms with van der Waals surface area (Å²) in [5.41, 5.74) is 6.92. The first-order valence-electron chi connectivity index (χ1n) is 5.79. The van der Waals surface area contributed by atoms with E-state index in [1.54, 1.807) is 42.5 Å². The molecule has 2 aromatic rings. The van der Waals surface area contributed by atoms with Crippen molar-refractivity contribution in [3.05, 3.63) is 58.1 Å². The summed E-state index contributed by atoms with van der Waals surface area (Å²) in [5, 5.41) is 20.8. The number of nitrogens with zero attached hydrogens (tertiary/aromatic N) is 1. The Bertz CT molecular complexity index is 627. The van der Waals surface area contributed by atoms with Gasteiger partial charge in [0, 0.05) is 4.47 Å². The number of hydrogen-bond acceptors (Lipinski definition) is 4. The quantitative estimate of drug-likeness (QED) is 0.346. The molecule has 0 spiro atoms. The highest BCUT2D eigenvalue weighted by atomic mass is 79.9. The van der Waals surface area contributed by atoms with Crippen LogP contribution in [0.15, 0.2) is 52.1 Å². The van der Waals surface area contributed by atoms with Gasteiger partial charge < -0.3 is 20.8 Å². The summed E-state index contributed by atoms with van der Waals surface area (Å²) < 4.78 is 6.39. The van der Waals surface area contributed by atoms with E-state index in [1.165, 1.54) is 0 Å². The zero-order chi connectivity index (χ0) is 14.5. The van der Waals surface area contributed by atoms with Crippen LogP contribution < -0.4 is 10.5 Å². The Morgan fingerprint density at radius 3 is 2.50 bits per heavy atom. The van der Waals surface area contributed by atoms with Gasteiger partial charge >= 0.3 is 0 Å². The normalized spacial score (nSPS) is 11.4. The van der Waals surface area contributed by atoms with E-state index in [-0.39, 0.29) is 12.4 Å². The predicted octanol–water partition coefficient (Wildman–Crippen LogP) is 2.83. The molecule has 2 aromatic carbocycles. The second-order valence-electron chi connectivity index (χ2n) is 4.00. The van der Waals surface area contributed by atoms with Gasteiger partial charge in [-0.3, -0.25) is 0 Å². The molecule has 0 aliphatic rings. The topological polar surface area (TPSA) is 88.1 Å². The van der Waals surface area contributed by atoms with Crippen LogP contribution in [0.2, 0.25) is 0 Å². The van der Waals surface area contributed by atoms with Crippen LogP contribution in [-0.2, 0) is 6.61 Å². The Hall–Kier alpha value is -2.05. The van der Waals surface area contributed by atoms with Crippen molar-refractivity contribution in [2.75, 3.05) is 0 Å². The maximum atomic E-state index is 9.00. The van der Waals surface area contributed by atoms with Crippen molar-refractivity contribution in [3.8, 4) is 11.5 Å². The molecule has 0 bridgehead atoms. The van der Waals surface area contributed by atoms with E-state index >= 15 is 0 Å². The van der Waals surface area contributed by atoms with Crippen LogP contribution in [-0.4, -0.2) is 16.1 Å². The van der Waals surface area contributed by atoms with E-state index in [0.717, 1.165) is 5.56 Å². The van der Waals surface area contributed by atoms with Crippen LogP contribution in [0.1, 0.15) is 11.1 Å². The summed E-state index contributed by atoms with van der Waals surface area (Å²) in [6.45, 7) is -0.0213. The van der Waals surface area contributed by atoms with E-state index in [9.17, 15) is 0 Å². The molecule has 0 amide bonds. The van der Waals surface area contributed by atoms with Crippen molar-refractivity contribution in [3.63, 3.8) is 0 Å². The lowest BCUT2D eigenvalue weighted by Crippen LogP contribution is -2.15. The molecular formula is C14H13BrN2O3. The molecule has 0 saturated carbocycles. The van der Waals surface area contributed by atoms with Gasteiger partial charge in [0.15, 0.2) is 5.84 Å². The Morgan fingerprint density at radius 2 is 1.90 bits per heavy atom. The first kappa shape index (κ1) is 14.4. The number of nitrogens with two attached hydrogens (primary N) is 1. The minimum absolute atomic E-state index is 0.0213. The molecule has 0 fully saturated rings. The van der Waals surface area contributed by atoms with E-state index in [2.05, 4.69) is 21.1 Å². The summed E-state index contributed by atoms with van der Waals surface area (Å²) >= 11 is 3.34. The fraction of sp³-hybridized carbons (Fsp3) is 0.0714. The largest absolute Gasteiger partial charge is 0.457 e. The molecule has 104 valence electrons. The molecule has 0 atom stereocenters. The monoisotopic (exact) mass is 336 g/mol. The maximum absolute atomic E-state index is 9.00. The van der Waals surface area contributed by atoms with Crippen LogP contribution in [0.25, 0.3) is 0 Å². The van der Waals surface area contributed by atoms with Gasteiger partial charge in [-0.25, -0.2) is 0 Å². The number of aliphatic hydroxyl groups excluding tert-OH is 1. The van der Waals surface area contributed by atoms with Gasteiger partial charge in [0.2, 0.25) is 0 Å². The van der Waals surface area contributed by atoms with Crippen molar-refractivity contribution in [2.45, 2.75) is 6.61 Å². The Balaban J connectivity index is 2.35. The highest BCUT2D eigenvalue weighted by molar-refractivity contribution is 9.10. The van der Waals surface area contributed by atoms with E-state index in [4.69, 9.17) is 20.8 Å². The van der Waals surface area contributed by atoms with Crippen LogP contribution >= 0.6 is 15.9 Å². The minimum atomic E-state index is -0.0422. The molecule has 0 heterocycles. The molecule has 0 saturated heterocycles. The van der Waals surface area contributed by atoms with Crippen LogP contribution in [0.4, 0.5) is 0 Å². The number of oxime groups is 1. The van der Waals surface area contributed by atoms with E-state index in [1.807, 2.05) is 0 Å². The number of halogens is 1. The summed E-state index contributed by atoms with van der Waals surface area (Å²) in [7, 11) is 0. The van der Waals surface area contributed by atoms with Crippen molar-refractivity contribution < 1.29 is 15.1 Å². The Morgan fingerprint density at radius 1 is 1.20 bits per heavy atom. The SMILES string of the molecule is N/C(=N/O)c1c(Br)cccc1Oc1ccc(CO)cc1. The Labute approximate surface area is 124 Å². The Kier molecular flexibility index (Phi) is 4.60. The average Bonchev–Trinajstić information content (AvgIpc) is 2.47. The third kappa shape index (κ3) is 3.09. The zero-order valence-electron chi connectivity index (χ0n) is 10.5. The number of hydrogen-bond donors (Lipinski definition) is 3. The van der Waals surface area contributed by atoms with Gasteiger partial charge in [-0.1, -0.05) is 23.4 Å². The molecule has 0 aliphatic heterocycles. The minimum Gasteiger partial charge on any atom is -0.457 e. The van der Waals surface area contributed by atoms with Gasteiger partial charge in [-0.05, 0) is 45.8 Å². The molecule has 0 aromatic heterocycles. The third-order valence-corrected chi connectivity index (χ3v) is 3.33. The summed E-state index contributed by atoms with van der Waals surface area (Å²) in [6.07, 6.45) is 0. The lowest BCUT2D eigenvalue weighted by molar-refractivity contribution is 0.281. The first-order valence-corrected chi connectivity index (χ1v) is 6.59. The maximum Gasteiger partial charge on any atom is 0.175 e. The molecule has 0 unspecified atom stereocenters.